The van der Waals surface area contributed by atoms with Gasteiger partial charge in [-0.1, -0.05) is 16.8 Å². The highest BCUT2D eigenvalue weighted by molar-refractivity contribution is 6.31. The quantitative estimate of drug-likeness (QED) is 0.811. The molecule has 0 saturated carbocycles. The SMILES string of the molecule is Cc1nc(CN(C)Cc2c(F)ccc(F)c2Cl)no1. The van der Waals surface area contributed by atoms with Gasteiger partial charge in [-0.05, 0) is 19.2 Å². The minimum absolute atomic E-state index is 0.115. The Hall–Kier alpha value is -1.53. The van der Waals surface area contributed by atoms with Crippen LogP contribution in [0.25, 0.3) is 0 Å². The Morgan fingerprint density at radius 1 is 1.26 bits per heavy atom. The molecule has 2 rings (SSSR count). The van der Waals surface area contributed by atoms with E-state index in [1.807, 2.05) is 0 Å². The van der Waals surface area contributed by atoms with Crippen LogP contribution in [0.2, 0.25) is 5.02 Å². The maximum Gasteiger partial charge on any atom is 0.223 e. The molecule has 7 heteroatoms. The number of hydrogen-bond acceptors (Lipinski definition) is 4. The lowest BCUT2D eigenvalue weighted by atomic mass is 10.2. The third-order valence-electron chi connectivity index (χ3n) is 2.55. The molecule has 0 unspecified atom stereocenters. The minimum Gasteiger partial charge on any atom is -0.340 e. The van der Waals surface area contributed by atoms with Crippen LogP contribution < -0.4 is 0 Å². The first-order valence-electron chi connectivity index (χ1n) is 5.57. The third kappa shape index (κ3) is 3.27. The van der Waals surface area contributed by atoms with Crippen molar-refractivity contribution in [3.8, 4) is 0 Å². The van der Waals surface area contributed by atoms with Crippen molar-refractivity contribution in [3.63, 3.8) is 0 Å². The average Bonchev–Trinajstić information content (AvgIpc) is 2.75. The number of aromatic nitrogens is 2. The monoisotopic (exact) mass is 287 g/mol. The van der Waals surface area contributed by atoms with Gasteiger partial charge in [0, 0.05) is 19.0 Å². The summed E-state index contributed by atoms with van der Waals surface area (Å²) in [7, 11) is 1.73. The molecule has 1 aromatic carbocycles. The van der Waals surface area contributed by atoms with Crippen LogP contribution in [0.5, 0.6) is 0 Å². The van der Waals surface area contributed by atoms with Gasteiger partial charge in [0.1, 0.15) is 11.6 Å². The van der Waals surface area contributed by atoms with Gasteiger partial charge in [0.25, 0.3) is 0 Å². The first kappa shape index (κ1) is 13.9. The van der Waals surface area contributed by atoms with Crippen molar-refractivity contribution in [2.24, 2.45) is 0 Å². The fourth-order valence-electron chi connectivity index (χ4n) is 1.69. The molecule has 0 amide bonds. The molecule has 19 heavy (non-hydrogen) atoms. The molecule has 0 saturated heterocycles. The summed E-state index contributed by atoms with van der Waals surface area (Å²) < 4.78 is 31.7. The van der Waals surface area contributed by atoms with Crippen LogP contribution >= 0.6 is 11.6 Å². The van der Waals surface area contributed by atoms with Gasteiger partial charge in [-0.3, -0.25) is 4.90 Å². The highest BCUT2D eigenvalue weighted by atomic mass is 35.5. The number of benzene rings is 1. The molecule has 102 valence electrons. The van der Waals surface area contributed by atoms with Gasteiger partial charge >= 0.3 is 0 Å². The fraction of sp³-hybridized carbons (Fsp3) is 0.333. The van der Waals surface area contributed by atoms with Crippen LogP contribution in [-0.4, -0.2) is 22.1 Å². The Morgan fingerprint density at radius 2 is 1.95 bits per heavy atom. The van der Waals surface area contributed by atoms with Crippen molar-refractivity contribution in [1.29, 1.82) is 0 Å². The van der Waals surface area contributed by atoms with Crippen LogP contribution in [0.4, 0.5) is 8.78 Å². The molecule has 0 fully saturated rings. The van der Waals surface area contributed by atoms with Gasteiger partial charge in [0.2, 0.25) is 5.89 Å². The van der Waals surface area contributed by atoms with Crippen LogP contribution in [0.15, 0.2) is 16.7 Å². The van der Waals surface area contributed by atoms with E-state index in [1.54, 1.807) is 18.9 Å². The van der Waals surface area contributed by atoms with Crippen LogP contribution in [0, 0.1) is 18.6 Å². The normalized spacial score (nSPS) is 11.3. The van der Waals surface area contributed by atoms with Gasteiger partial charge in [0.15, 0.2) is 5.82 Å². The molecule has 0 aliphatic rings. The Kier molecular flexibility index (Phi) is 4.11. The summed E-state index contributed by atoms with van der Waals surface area (Å²) in [5.74, 6) is -0.240. The summed E-state index contributed by atoms with van der Waals surface area (Å²) >= 11 is 5.76. The molecular formula is C12H12ClF2N3O. The predicted molar refractivity (Wildman–Crippen MR) is 65.6 cm³/mol. The molecule has 0 atom stereocenters. The molecule has 1 aromatic heterocycles. The Morgan fingerprint density at radius 3 is 2.58 bits per heavy atom. The van der Waals surface area contributed by atoms with Crippen molar-refractivity contribution in [3.05, 3.63) is 46.1 Å². The standard InChI is InChI=1S/C12H12ClF2N3O/c1-7-16-11(17-19-7)6-18(2)5-8-9(14)3-4-10(15)12(8)13/h3-4H,5-6H2,1-2H3. The molecule has 0 aliphatic carbocycles. The van der Waals surface area contributed by atoms with Gasteiger partial charge in [-0.15, -0.1) is 0 Å². The summed E-state index contributed by atoms with van der Waals surface area (Å²) in [6.07, 6.45) is 0. The van der Waals surface area contributed by atoms with Crippen molar-refractivity contribution >= 4 is 11.6 Å². The zero-order valence-electron chi connectivity index (χ0n) is 10.5. The van der Waals surface area contributed by atoms with E-state index >= 15 is 0 Å². The largest absolute Gasteiger partial charge is 0.340 e. The summed E-state index contributed by atoms with van der Waals surface area (Å²) in [5, 5.41) is 3.53. The molecular weight excluding hydrogens is 276 g/mol. The summed E-state index contributed by atoms with van der Waals surface area (Å²) in [6.45, 7) is 2.18. The van der Waals surface area contributed by atoms with Crippen molar-refractivity contribution < 1.29 is 13.3 Å². The number of hydrogen-bond donors (Lipinski definition) is 0. The summed E-state index contributed by atoms with van der Waals surface area (Å²) in [5.41, 5.74) is 0.115. The van der Waals surface area contributed by atoms with E-state index in [0.717, 1.165) is 12.1 Å². The fourth-order valence-corrected chi connectivity index (χ4v) is 1.90. The van der Waals surface area contributed by atoms with Gasteiger partial charge in [-0.25, -0.2) is 8.78 Å². The summed E-state index contributed by atoms with van der Waals surface area (Å²) in [4.78, 5) is 5.75. The summed E-state index contributed by atoms with van der Waals surface area (Å²) in [6, 6.07) is 2.06. The lowest BCUT2D eigenvalue weighted by Gasteiger charge is -2.16. The van der Waals surface area contributed by atoms with Gasteiger partial charge in [-0.2, -0.15) is 4.98 Å². The van der Waals surface area contributed by atoms with Gasteiger partial charge in [0.05, 0.1) is 11.6 Å². The first-order chi connectivity index (χ1) is 8.97. The van der Waals surface area contributed by atoms with Crippen LogP contribution in [0.1, 0.15) is 17.3 Å². The number of halogens is 3. The smallest absolute Gasteiger partial charge is 0.223 e. The molecule has 0 N–H and O–H groups in total. The van der Waals surface area contributed by atoms with E-state index in [4.69, 9.17) is 16.1 Å². The second kappa shape index (κ2) is 5.63. The number of nitrogens with zero attached hydrogens (tertiary/aromatic N) is 3. The highest BCUT2D eigenvalue weighted by Crippen LogP contribution is 2.24. The third-order valence-corrected chi connectivity index (χ3v) is 2.96. The Balaban J connectivity index is 2.11. The van der Waals surface area contributed by atoms with Crippen molar-refractivity contribution in [2.75, 3.05) is 7.05 Å². The molecule has 0 radical (unpaired) electrons. The van der Waals surface area contributed by atoms with E-state index in [2.05, 4.69) is 10.1 Å². The molecule has 4 nitrogen and oxygen atoms in total. The van der Waals surface area contributed by atoms with Crippen molar-refractivity contribution in [2.45, 2.75) is 20.0 Å². The molecule has 0 spiro atoms. The van der Waals surface area contributed by atoms with E-state index in [9.17, 15) is 8.78 Å². The molecule has 2 aromatic rings. The Labute approximate surface area is 114 Å². The second-order valence-corrected chi connectivity index (χ2v) is 4.60. The zero-order chi connectivity index (χ0) is 14.0. The van der Waals surface area contributed by atoms with E-state index in [0.29, 0.717) is 18.3 Å². The average molecular weight is 288 g/mol. The molecule has 1 heterocycles. The highest BCUT2D eigenvalue weighted by Gasteiger charge is 2.15. The predicted octanol–water partition coefficient (Wildman–Crippen LogP) is 2.94. The van der Waals surface area contributed by atoms with Crippen molar-refractivity contribution in [1.82, 2.24) is 15.0 Å². The zero-order valence-corrected chi connectivity index (χ0v) is 11.2. The molecule has 0 aliphatic heterocycles. The minimum atomic E-state index is -0.637. The van der Waals surface area contributed by atoms with E-state index in [1.165, 1.54) is 0 Å². The maximum atomic E-state index is 13.6. The molecule has 0 bridgehead atoms. The maximum absolute atomic E-state index is 13.6. The Bertz CT molecular complexity index is 588. The lowest BCUT2D eigenvalue weighted by molar-refractivity contribution is 0.296. The number of rotatable bonds is 4. The van der Waals surface area contributed by atoms with E-state index in [-0.39, 0.29) is 17.1 Å². The van der Waals surface area contributed by atoms with E-state index < -0.39 is 11.6 Å². The van der Waals surface area contributed by atoms with Gasteiger partial charge < -0.3 is 4.52 Å². The number of aryl methyl sites for hydroxylation is 1. The topological polar surface area (TPSA) is 42.2 Å². The lowest BCUT2D eigenvalue weighted by Crippen LogP contribution is -2.19. The second-order valence-electron chi connectivity index (χ2n) is 4.22. The van der Waals surface area contributed by atoms with Crippen LogP contribution in [0.3, 0.4) is 0 Å². The van der Waals surface area contributed by atoms with Crippen LogP contribution in [-0.2, 0) is 13.1 Å². The first-order valence-corrected chi connectivity index (χ1v) is 5.95.